The Morgan fingerprint density at radius 2 is 1.82 bits per heavy atom. The van der Waals surface area contributed by atoms with E-state index in [1.165, 1.54) is 24.6 Å². The monoisotopic (exact) mass is 385 g/mol. The van der Waals surface area contributed by atoms with Crippen LogP contribution in [0.2, 0.25) is 0 Å². The Bertz CT molecular complexity index is 853. The summed E-state index contributed by atoms with van der Waals surface area (Å²) in [7, 11) is 1.78. The highest BCUT2D eigenvalue weighted by molar-refractivity contribution is 5.94. The highest BCUT2D eigenvalue weighted by Crippen LogP contribution is 2.24. The number of carbonyl (C=O) groups is 2. The van der Waals surface area contributed by atoms with Gasteiger partial charge in [-0.1, -0.05) is 19.3 Å². The summed E-state index contributed by atoms with van der Waals surface area (Å²) in [6.07, 6.45) is 5.49. The number of non-ortho nitro benzene ring substituents is 1. The molecule has 1 heterocycles. The topological polar surface area (TPSA) is 106 Å². The summed E-state index contributed by atoms with van der Waals surface area (Å²) < 4.78 is 5.53. The molecule has 1 aliphatic carbocycles. The van der Waals surface area contributed by atoms with E-state index in [4.69, 9.17) is 4.42 Å². The third-order valence-corrected chi connectivity index (χ3v) is 5.11. The fourth-order valence-corrected chi connectivity index (χ4v) is 3.40. The maximum absolute atomic E-state index is 12.3. The van der Waals surface area contributed by atoms with Crippen LogP contribution in [0.5, 0.6) is 0 Å². The molecule has 0 atom stereocenters. The number of likely N-dealkylation sites (N-methyl/N-ethyl adjacent to an activating group) is 1. The van der Waals surface area contributed by atoms with Crippen molar-refractivity contribution in [2.75, 3.05) is 13.6 Å². The van der Waals surface area contributed by atoms with Gasteiger partial charge in [0, 0.05) is 30.8 Å². The first-order valence-electron chi connectivity index (χ1n) is 9.34. The highest BCUT2D eigenvalue weighted by Gasteiger charge is 2.22. The quantitative estimate of drug-likeness (QED) is 0.606. The zero-order valence-electron chi connectivity index (χ0n) is 15.7. The van der Waals surface area contributed by atoms with Gasteiger partial charge in [0.1, 0.15) is 5.76 Å². The van der Waals surface area contributed by atoms with Crippen molar-refractivity contribution >= 4 is 17.5 Å². The van der Waals surface area contributed by atoms with Crippen molar-refractivity contribution in [3.63, 3.8) is 0 Å². The molecule has 1 aliphatic rings. The fourth-order valence-electron chi connectivity index (χ4n) is 3.40. The minimum absolute atomic E-state index is 0.0196. The van der Waals surface area contributed by atoms with Crippen LogP contribution in [-0.2, 0) is 4.79 Å². The molecule has 2 amide bonds. The Balaban J connectivity index is 1.56. The Kier molecular flexibility index (Phi) is 6.08. The van der Waals surface area contributed by atoms with Gasteiger partial charge in [-0.2, -0.15) is 0 Å². The second kappa shape index (κ2) is 8.69. The second-order valence-electron chi connectivity index (χ2n) is 6.95. The van der Waals surface area contributed by atoms with Gasteiger partial charge in [0.15, 0.2) is 5.76 Å². The van der Waals surface area contributed by atoms with Crippen LogP contribution in [0.3, 0.4) is 0 Å². The van der Waals surface area contributed by atoms with Gasteiger partial charge in [0.05, 0.1) is 11.5 Å². The van der Waals surface area contributed by atoms with Gasteiger partial charge < -0.3 is 14.6 Å². The van der Waals surface area contributed by atoms with E-state index in [0.29, 0.717) is 11.3 Å². The molecule has 0 aliphatic heterocycles. The Morgan fingerprint density at radius 1 is 1.14 bits per heavy atom. The maximum atomic E-state index is 12.3. The van der Waals surface area contributed by atoms with Crippen molar-refractivity contribution in [1.82, 2.24) is 10.2 Å². The van der Waals surface area contributed by atoms with Crippen molar-refractivity contribution in [3.8, 4) is 11.3 Å². The Labute approximate surface area is 162 Å². The van der Waals surface area contributed by atoms with E-state index >= 15 is 0 Å². The van der Waals surface area contributed by atoms with Crippen LogP contribution in [0, 0.1) is 10.1 Å². The number of furan rings is 1. The molecular weight excluding hydrogens is 362 g/mol. The van der Waals surface area contributed by atoms with Crippen LogP contribution in [0.1, 0.15) is 42.7 Å². The number of rotatable bonds is 6. The Morgan fingerprint density at radius 3 is 2.46 bits per heavy atom. The van der Waals surface area contributed by atoms with Crippen LogP contribution in [0.15, 0.2) is 40.8 Å². The lowest BCUT2D eigenvalue weighted by molar-refractivity contribution is -0.384. The Hall–Kier alpha value is -3.16. The van der Waals surface area contributed by atoms with E-state index in [1.54, 1.807) is 30.1 Å². The van der Waals surface area contributed by atoms with E-state index in [9.17, 15) is 19.7 Å². The summed E-state index contributed by atoms with van der Waals surface area (Å²) in [5.41, 5.74) is 0.603. The third kappa shape index (κ3) is 4.57. The van der Waals surface area contributed by atoms with Gasteiger partial charge in [0.25, 0.3) is 11.6 Å². The van der Waals surface area contributed by atoms with E-state index < -0.39 is 10.8 Å². The molecule has 148 valence electrons. The molecule has 0 spiro atoms. The molecule has 0 bridgehead atoms. The van der Waals surface area contributed by atoms with Crippen molar-refractivity contribution in [2.45, 2.75) is 38.1 Å². The molecule has 0 unspecified atom stereocenters. The van der Waals surface area contributed by atoms with Gasteiger partial charge in [-0.05, 0) is 37.1 Å². The van der Waals surface area contributed by atoms with E-state index in [2.05, 4.69) is 5.32 Å². The summed E-state index contributed by atoms with van der Waals surface area (Å²) in [4.78, 5) is 36.6. The molecule has 1 fully saturated rings. The molecule has 1 aromatic heterocycles. The first kappa shape index (κ1) is 19.6. The van der Waals surface area contributed by atoms with Crippen LogP contribution in [0.25, 0.3) is 11.3 Å². The largest absolute Gasteiger partial charge is 0.451 e. The number of nitrogens with one attached hydrogen (secondary N) is 1. The second-order valence-corrected chi connectivity index (χ2v) is 6.95. The van der Waals surface area contributed by atoms with Gasteiger partial charge in [-0.25, -0.2) is 0 Å². The minimum atomic E-state index is -0.480. The number of hydrogen-bond donors (Lipinski definition) is 1. The van der Waals surface area contributed by atoms with Crippen LogP contribution < -0.4 is 5.32 Å². The maximum Gasteiger partial charge on any atom is 0.287 e. The number of amides is 2. The molecule has 28 heavy (non-hydrogen) atoms. The lowest BCUT2D eigenvalue weighted by Gasteiger charge is -2.31. The van der Waals surface area contributed by atoms with Crippen molar-refractivity contribution in [3.05, 3.63) is 52.3 Å². The zero-order chi connectivity index (χ0) is 20.1. The van der Waals surface area contributed by atoms with Gasteiger partial charge in [-0.3, -0.25) is 19.7 Å². The molecular formula is C20H23N3O5. The summed E-state index contributed by atoms with van der Waals surface area (Å²) in [6.45, 7) is -0.0839. The smallest absolute Gasteiger partial charge is 0.287 e. The van der Waals surface area contributed by atoms with Crippen molar-refractivity contribution < 1.29 is 18.9 Å². The summed E-state index contributed by atoms with van der Waals surface area (Å²) in [5.74, 6) is -0.0897. The molecule has 3 rings (SSSR count). The van der Waals surface area contributed by atoms with Crippen molar-refractivity contribution in [1.29, 1.82) is 0 Å². The van der Waals surface area contributed by atoms with Gasteiger partial charge in [0.2, 0.25) is 5.91 Å². The summed E-state index contributed by atoms with van der Waals surface area (Å²) >= 11 is 0. The van der Waals surface area contributed by atoms with Crippen LogP contribution in [-0.4, -0.2) is 41.3 Å². The molecule has 8 nitrogen and oxygen atoms in total. The van der Waals surface area contributed by atoms with E-state index in [0.717, 1.165) is 25.7 Å². The molecule has 0 saturated heterocycles. The first-order chi connectivity index (χ1) is 13.5. The summed E-state index contributed by atoms with van der Waals surface area (Å²) in [6, 6.07) is 9.24. The summed E-state index contributed by atoms with van der Waals surface area (Å²) in [5, 5.41) is 13.3. The number of nitro groups is 1. The standard InChI is InChI=1S/C20H23N3O5/c1-22(15-5-3-2-4-6-15)19(24)13-21-20(25)18-12-11-17(28-18)14-7-9-16(10-8-14)23(26)27/h7-12,15H,2-6,13H2,1H3,(H,21,25). The molecule has 1 aromatic carbocycles. The zero-order valence-corrected chi connectivity index (χ0v) is 15.7. The number of hydrogen-bond acceptors (Lipinski definition) is 5. The number of nitrogens with zero attached hydrogens (tertiary/aromatic N) is 2. The highest BCUT2D eigenvalue weighted by atomic mass is 16.6. The average Bonchev–Trinajstić information content (AvgIpc) is 3.22. The van der Waals surface area contributed by atoms with Gasteiger partial charge in [-0.15, -0.1) is 0 Å². The van der Waals surface area contributed by atoms with Crippen molar-refractivity contribution in [2.24, 2.45) is 0 Å². The number of carbonyl (C=O) groups excluding carboxylic acids is 2. The molecule has 2 aromatic rings. The lowest BCUT2D eigenvalue weighted by Crippen LogP contribution is -2.44. The fraction of sp³-hybridized carbons (Fsp3) is 0.400. The molecule has 1 saturated carbocycles. The molecule has 0 radical (unpaired) electrons. The van der Waals surface area contributed by atoms with E-state index in [-0.39, 0.29) is 29.9 Å². The predicted molar refractivity (Wildman–Crippen MR) is 103 cm³/mol. The third-order valence-electron chi connectivity index (χ3n) is 5.11. The van der Waals surface area contributed by atoms with Crippen LogP contribution >= 0.6 is 0 Å². The first-order valence-corrected chi connectivity index (χ1v) is 9.34. The average molecular weight is 385 g/mol. The number of benzene rings is 1. The van der Waals surface area contributed by atoms with E-state index in [1.807, 2.05) is 0 Å². The lowest BCUT2D eigenvalue weighted by atomic mass is 9.94. The minimum Gasteiger partial charge on any atom is -0.451 e. The SMILES string of the molecule is CN(C(=O)CNC(=O)c1ccc(-c2ccc([N+](=O)[O-])cc2)o1)C1CCCCC1. The molecule has 8 heteroatoms. The van der Waals surface area contributed by atoms with Gasteiger partial charge >= 0.3 is 0 Å². The molecule has 1 N–H and O–H groups in total. The number of nitro benzene ring substituents is 1. The van der Waals surface area contributed by atoms with Crippen LogP contribution in [0.4, 0.5) is 5.69 Å². The normalized spacial score (nSPS) is 14.5. The predicted octanol–water partition coefficient (Wildman–Crippen LogP) is 3.38.